The van der Waals surface area contributed by atoms with Crippen LogP contribution in [-0.4, -0.2) is 32.4 Å². The summed E-state index contributed by atoms with van der Waals surface area (Å²) in [7, 11) is 0. The number of allylic oxidation sites excluding steroid dienone is 4. The van der Waals surface area contributed by atoms with Gasteiger partial charge in [0.05, 0.1) is 6.61 Å². The molecule has 1 N–H and O–H groups in total. The van der Waals surface area contributed by atoms with Gasteiger partial charge in [0.25, 0.3) is 5.82 Å². The zero-order valence-electron chi connectivity index (χ0n) is 11.7. The summed E-state index contributed by atoms with van der Waals surface area (Å²) >= 11 is 0. The molecule has 6 heteroatoms. The van der Waals surface area contributed by atoms with Crippen LogP contribution < -0.4 is 0 Å². The Labute approximate surface area is 118 Å². The molecule has 1 rings (SSSR count). The molecule has 108 valence electrons. The smallest absolute Gasteiger partial charge is 0.378 e. The number of hydrogen-bond acceptors (Lipinski definition) is 5. The first-order valence-corrected chi connectivity index (χ1v) is 6.28. The minimum Gasteiger partial charge on any atom is -0.460 e. The summed E-state index contributed by atoms with van der Waals surface area (Å²) in [6, 6.07) is 0. The highest BCUT2D eigenvalue weighted by Gasteiger charge is 2.19. The standard InChI is InChI=1S/C14H19N3O3/c1-5-8-11(6-2)9-12-15-13(14(19)20-7-3)16-17(12)10(4)18/h5-6,8,10,18H,1-2,7,9H2,3-4H3/b11-8+. The summed E-state index contributed by atoms with van der Waals surface area (Å²) in [6.07, 6.45) is 4.56. The van der Waals surface area contributed by atoms with Crippen molar-refractivity contribution in [1.29, 1.82) is 0 Å². The fraction of sp³-hybridized carbons (Fsp3) is 0.357. The van der Waals surface area contributed by atoms with Crippen LogP contribution >= 0.6 is 0 Å². The average molecular weight is 277 g/mol. The maximum Gasteiger partial charge on any atom is 0.378 e. The first kappa shape index (κ1) is 15.8. The summed E-state index contributed by atoms with van der Waals surface area (Å²) in [5.74, 6) is -0.221. The molecule has 1 unspecified atom stereocenters. The van der Waals surface area contributed by atoms with Gasteiger partial charge in [-0.05, 0) is 19.4 Å². The molecule has 0 saturated heterocycles. The van der Waals surface area contributed by atoms with Gasteiger partial charge >= 0.3 is 5.97 Å². The fourth-order valence-corrected chi connectivity index (χ4v) is 1.59. The van der Waals surface area contributed by atoms with Gasteiger partial charge in [-0.2, -0.15) is 0 Å². The van der Waals surface area contributed by atoms with Gasteiger partial charge in [-0.3, -0.25) is 0 Å². The van der Waals surface area contributed by atoms with Crippen LogP contribution in [0.25, 0.3) is 0 Å². The number of aliphatic hydroxyl groups is 1. The lowest BCUT2D eigenvalue weighted by Gasteiger charge is -2.08. The number of carbonyl (C=O) groups is 1. The Hall–Kier alpha value is -2.21. The Kier molecular flexibility index (Phi) is 5.86. The van der Waals surface area contributed by atoms with Gasteiger partial charge in [0, 0.05) is 6.42 Å². The maximum absolute atomic E-state index is 11.6. The van der Waals surface area contributed by atoms with E-state index in [-0.39, 0.29) is 12.4 Å². The van der Waals surface area contributed by atoms with Gasteiger partial charge in [0.1, 0.15) is 12.1 Å². The van der Waals surface area contributed by atoms with Crippen LogP contribution in [0.5, 0.6) is 0 Å². The molecule has 0 saturated carbocycles. The van der Waals surface area contributed by atoms with Crippen molar-refractivity contribution in [1.82, 2.24) is 14.8 Å². The monoisotopic (exact) mass is 277 g/mol. The van der Waals surface area contributed by atoms with E-state index in [0.29, 0.717) is 12.2 Å². The predicted molar refractivity (Wildman–Crippen MR) is 75.1 cm³/mol. The van der Waals surface area contributed by atoms with E-state index >= 15 is 0 Å². The van der Waals surface area contributed by atoms with Crippen LogP contribution in [0.15, 0.2) is 37.0 Å². The van der Waals surface area contributed by atoms with Crippen LogP contribution in [0.4, 0.5) is 0 Å². The number of carbonyl (C=O) groups excluding carboxylic acids is 1. The van der Waals surface area contributed by atoms with E-state index in [1.165, 1.54) is 11.6 Å². The third kappa shape index (κ3) is 3.89. The van der Waals surface area contributed by atoms with Crippen LogP contribution in [0, 0.1) is 0 Å². The number of aromatic nitrogens is 3. The highest BCUT2D eigenvalue weighted by molar-refractivity contribution is 5.85. The Morgan fingerprint density at radius 3 is 2.75 bits per heavy atom. The molecule has 1 aromatic heterocycles. The summed E-state index contributed by atoms with van der Waals surface area (Å²) in [5, 5.41) is 13.7. The first-order chi connectivity index (χ1) is 9.53. The molecule has 0 aromatic carbocycles. The van der Waals surface area contributed by atoms with Gasteiger partial charge in [0.2, 0.25) is 0 Å². The van der Waals surface area contributed by atoms with E-state index in [9.17, 15) is 9.90 Å². The number of aliphatic hydroxyl groups excluding tert-OH is 1. The normalized spacial score (nSPS) is 12.8. The first-order valence-electron chi connectivity index (χ1n) is 6.28. The maximum atomic E-state index is 11.6. The summed E-state index contributed by atoms with van der Waals surface area (Å²) < 4.78 is 6.13. The molecular weight excluding hydrogens is 258 g/mol. The highest BCUT2D eigenvalue weighted by Crippen LogP contribution is 2.12. The fourth-order valence-electron chi connectivity index (χ4n) is 1.59. The second-order valence-electron chi connectivity index (χ2n) is 4.01. The lowest BCUT2D eigenvalue weighted by molar-refractivity contribution is 0.0508. The second kappa shape index (κ2) is 7.40. The van der Waals surface area contributed by atoms with Crippen molar-refractivity contribution in [3.8, 4) is 0 Å². The van der Waals surface area contributed by atoms with E-state index in [1.54, 1.807) is 25.2 Å². The Bertz CT molecular complexity index is 530. The van der Waals surface area contributed by atoms with E-state index < -0.39 is 12.2 Å². The second-order valence-corrected chi connectivity index (χ2v) is 4.01. The van der Waals surface area contributed by atoms with Gasteiger partial charge in [-0.15, -0.1) is 5.10 Å². The lowest BCUT2D eigenvalue weighted by Crippen LogP contribution is -2.12. The Morgan fingerprint density at radius 2 is 2.25 bits per heavy atom. The van der Waals surface area contributed by atoms with Gasteiger partial charge in [0.15, 0.2) is 0 Å². The number of nitrogens with zero attached hydrogens (tertiary/aromatic N) is 3. The number of ether oxygens (including phenoxy) is 1. The molecular formula is C14H19N3O3. The molecule has 0 amide bonds. The molecule has 0 aliphatic carbocycles. The number of hydrogen-bond donors (Lipinski definition) is 1. The third-order valence-corrected chi connectivity index (χ3v) is 2.47. The van der Waals surface area contributed by atoms with Crippen molar-refractivity contribution in [2.45, 2.75) is 26.5 Å². The SMILES string of the molecule is C=C/C=C(\C=C)Cc1nc(C(=O)OCC)nn1C(C)O. The molecule has 0 aliphatic rings. The van der Waals surface area contributed by atoms with E-state index in [2.05, 4.69) is 23.2 Å². The predicted octanol–water partition coefficient (Wildman–Crippen LogP) is 1.81. The van der Waals surface area contributed by atoms with Crippen LogP contribution in [0.1, 0.15) is 36.5 Å². The van der Waals surface area contributed by atoms with Gasteiger partial charge < -0.3 is 9.84 Å². The summed E-state index contributed by atoms with van der Waals surface area (Å²) in [5.41, 5.74) is 0.852. The van der Waals surface area contributed by atoms with Crippen molar-refractivity contribution < 1.29 is 14.6 Å². The molecule has 0 fully saturated rings. The third-order valence-electron chi connectivity index (χ3n) is 2.47. The quantitative estimate of drug-likeness (QED) is 0.607. The molecule has 1 atom stereocenters. The van der Waals surface area contributed by atoms with Gasteiger partial charge in [-0.25, -0.2) is 14.5 Å². The molecule has 20 heavy (non-hydrogen) atoms. The lowest BCUT2D eigenvalue weighted by atomic mass is 10.1. The van der Waals surface area contributed by atoms with Crippen molar-refractivity contribution in [3.05, 3.63) is 48.6 Å². The topological polar surface area (TPSA) is 77.2 Å². The Balaban J connectivity index is 3.10. The Morgan fingerprint density at radius 1 is 1.55 bits per heavy atom. The molecule has 0 aliphatic heterocycles. The largest absolute Gasteiger partial charge is 0.460 e. The molecule has 1 heterocycles. The highest BCUT2D eigenvalue weighted by atomic mass is 16.5. The minimum absolute atomic E-state index is 0.0650. The van der Waals surface area contributed by atoms with Crippen molar-refractivity contribution in [2.75, 3.05) is 6.61 Å². The van der Waals surface area contributed by atoms with Crippen molar-refractivity contribution >= 4 is 5.97 Å². The van der Waals surface area contributed by atoms with Crippen molar-refractivity contribution in [3.63, 3.8) is 0 Å². The molecule has 0 bridgehead atoms. The van der Waals surface area contributed by atoms with Gasteiger partial charge in [-0.1, -0.05) is 31.4 Å². The molecule has 6 nitrogen and oxygen atoms in total. The van der Waals surface area contributed by atoms with Crippen molar-refractivity contribution in [2.24, 2.45) is 0 Å². The number of rotatable bonds is 7. The zero-order chi connectivity index (χ0) is 15.1. The molecule has 0 radical (unpaired) electrons. The van der Waals surface area contributed by atoms with E-state index in [4.69, 9.17) is 4.74 Å². The summed E-state index contributed by atoms with van der Waals surface area (Å²) in [6.45, 7) is 10.8. The zero-order valence-corrected chi connectivity index (χ0v) is 11.7. The molecule has 1 aromatic rings. The van der Waals surface area contributed by atoms with Crippen LogP contribution in [0.2, 0.25) is 0 Å². The van der Waals surface area contributed by atoms with Crippen LogP contribution in [0.3, 0.4) is 0 Å². The van der Waals surface area contributed by atoms with E-state index in [1.807, 2.05) is 0 Å². The minimum atomic E-state index is -0.893. The molecule has 0 spiro atoms. The summed E-state index contributed by atoms with van der Waals surface area (Å²) in [4.78, 5) is 15.7. The average Bonchev–Trinajstić information content (AvgIpc) is 2.82. The number of esters is 1. The van der Waals surface area contributed by atoms with Crippen LogP contribution in [-0.2, 0) is 11.2 Å². The van der Waals surface area contributed by atoms with E-state index in [0.717, 1.165) is 5.57 Å².